The van der Waals surface area contributed by atoms with Crippen LogP contribution in [-0.2, 0) is 5.41 Å². The Morgan fingerprint density at radius 3 is 2.84 bits per heavy atom. The molecular weight excluding hydrogens is 258 g/mol. The van der Waals surface area contributed by atoms with Gasteiger partial charge in [-0.3, -0.25) is 0 Å². The third kappa shape index (κ3) is 2.25. The Morgan fingerprint density at radius 2 is 2.11 bits per heavy atom. The van der Waals surface area contributed by atoms with E-state index < -0.39 is 0 Å². The lowest BCUT2D eigenvalue weighted by molar-refractivity contribution is 0.0126. The van der Waals surface area contributed by atoms with Gasteiger partial charge < -0.3 is 10.0 Å². The summed E-state index contributed by atoms with van der Waals surface area (Å²) < 4.78 is 0. The number of hydrogen-bond donors (Lipinski definition) is 1. The molecule has 1 aromatic carbocycles. The fraction of sp³-hybridized carbons (Fsp3) is 0.625. The predicted molar refractivity (Wildman–Crippen MR) is 81.1 cm³/mol. The molecule has 1 aromatic rings. The summed E-state index contributed by atoms with van der Waals surface area (Å²) in [6.07, 6.45) is 5.15. The molecule has 3 atom stereocenters. The maximum absolute atomic E-state index is 9.77. The highest BCUT2D eigenvalue weighted by atomic mass is 35.5. The van der Waals surface area contributed by atoms with Gasteiger partial charge in [0.25, 0.3) is 0 Å². The predicted octanol–water partition coefficient (Wildman–Crippen LogP) is 3.58. The van der Waals surface area contributed by atoms with Crippen molar-refractivity contribution in [2.45, 2.75) is 44.1 Å². The van der Waals surface area contributed by atoms with Crippen LogP contribution < -0.4 is 0 Å². The number of hydrogen-bond acceptors (Lipinski definition) is 2. The second kappa shape index (κ2) is 5.34. The van der Waals surface area contributed by atoms with Crippen molar-refractivity contribution < 1.29 is 5.11 Å². The lowest BCUT2D eigenvalue weighted by Gasteiger charge is -2.55. The number of rotatable bonds is 1. The molecule has 0 spiro atoms. The summed E-state index contributed by atoms with van der Waals surface area (Å²) in [6, 6.07) is 8.69. The number of phenols is 1. The minimum Gasteiger partial charge on any atom is -0.508 e. The number of nitrogens with zero attached hydrogens (tertiary/aromatic N) is 1. The Balaban J connectivity index is 0.00000133. The van der Waals surface area contributed by atoms with Crippen LogP contribution in [0.4, 0.5) is 0 Å². The van der Waals surface area contributed by atoms with E-state index >= 15 is 0 Å². The topological polar surface area (TPSA) is 23.5 Å². The molecule has 1 aliphatic carbocycles. The van der Waals surface area contributed by atoms with E-state index in [-0.39, 0.29) is 12.4 Å². The Kier molecular flexibility index (Phi) is 4.12. The van der Waals surface area contributed by atoms with Gasteiger partial charge in [-0.1, -0.05) is 25.5 Å². The molecule has 1 N–H and O–H groups in total. The number of likely N-dealkylation sites (tertiary alicyclic amines) is 1. The normalized spacial score (nSPS) is 34.6. The molecule has 106 valence electrons. The van der Waals surface area contributed by atoms with Gasteiger partial charge in [0, 0.05) is 11.5 Å². The third-order valence-corrected chi connectivity index (χ3v) is 5.47. The molecule has 1 heterocycles. The number of piperidine rings is 1. The van der Waals surface area contributed by atoms with Crippen LogP contribution in [0.3, 0.4) is 0 Å². The first-order valence-corrected chi connectivity index (χ1v) is 7.13. The lowest BCUT2D eigenvalue weighted by Crippen LogP contribution is -2.56. The van der Waals surface area contributed by atoms with E-state index in [2.05, 4.69) is 24.9 Å². The summed E-state index contributed by atoms with van der Waals surface area (Å²) in [6.45, 7) is 3.59. The largest absolute Gasteiger partial charge is 0.508 e. The van der Waals surface area contributed by atoms with E-state index in [4.69, 9.17) is 0 Å². The van der Waals surface area contributed by atoms with Gasteiger partial charge in [-0.25, -0.2) is 0 Å². The summed E-state index contributed by atoms with van der Waals surface area (Å²) >= 11 is 0. The Labute approximate surface area is 122 Å². The quantitative estimate of drug-likeness (QED) is 0.851. The van der Waals surface area contributed by atoms with Crippen molar-refractivity contribution in [1.82, 2.24) is 4.90 Å². The van der Waals surface area contributed by atoms with E-state index in [9.17, 15) is 5.11 Å². The van der Waals surface area contributed by atoms with Gasteiger partial charge in [-0.15, -0.1) is 12.4 Å². The number of halogens is 1. The van der Waals surface area contributed by atoms with Crippen molar-refractivity contribution in [1.29, 1.82) is 0 Å². The van der Waals surface area contributed by atoms with Crippen LogP contribution in [0.5, 0.6) is 5.75 Å². The molecule has 2 aliphatic rings. The summed E-state index contributed by atoms with van der Waals surface area (Å²) in [5.41, 5.74) is 1.65. The molecule has 0 aromatic heterocycles. The fourth-order valence-electron chi connectivity index (χ4n) is 4.34. The van der Waals surface area contributed by atoms with Crippen molar-refractivity contribution in [2.24, 2.45) is 5.92 Å². The summed E-state index contributed by atoms with van der Waals surface area (Å²) in [4.78, 5) is 2.53. The zero-order chi connectivity index (χ0) is 12.8. The SMILES string of the molecule is C[C@@H]1[C@H]2CCC[C@@]1(c1cccc(O)c1)CCN2C.Cl. The van der Waals surface area contributed by atoms with Crippen LogP contribution in [-0.4, -0.2) is 29.6 Å². The van der Waals surface area contributed by atoms with Crippen LogP contribution in [0.15, 0.2) is 24.3 Å². The molecule has 0 unspecified atom stereocenters. The summed E-state index contributed by atoms with van der Waals surface area (Å²) in [5, 5.41) is 9.77. The zero-order valence-electron chi connectivity index (χ0n) is 11.8. The van der Waals surface area contributed by atoms with Gasteiger partial charge in [0.05, 0.1) is 0 Å². The van der Waals surface area contributed by atoms with Gasteiger partial charge in [-0.05, 0) is 56.5 Å². The lowest BCUT2D eigenvalue weighted by atomic mass is 9.57. The standard InChI is InChI=1S/C16H23NO.ClH/c1-12-15-7-4-8-16(12,9-10-17(15)2)13-5-3-6-14(18)11-13;/h3,5-6,11-12,15,18H,4,7-10H2,1-2H3;1H/t12-,15-,16-;/m1./s1. The highest BCUT2D eigenvalue weighted by molar-refractivity contribution is 5.85. The number of phenolic OH excluding ortho intramolecular Hbond substituents is 1. The highest BCUT2D eigenvalue weighted by Crippen LogP contribution is 2.50. The van der Waals surface area contributed by atoms with E-state index in [1.165, 1.54) is 37.8 Å². The molecule has 0 amide bonds. The Bertz CT molecular complexity index is 450. The number of benzene rings is 1. The van der Waals surface area contributed by atoms with Crippen molar-refractivity contribution in [2.75, 3.05) is 13.6 Å². The van der Waals surface area contributed by atoms with Crippen molar-refractivity contribution >= 4 is 12.4 Å². The number of aromatic hydroxyl groups is 1. The van der Waals surface area contributed by atoms with Gasteiger partial charge >= 0.3 is 0 Å². The Morgan fingerprint density at radius 1 is 1.32 bits per heavy atom. The molecule has 1 saturated carbocycles. The molecule has 1 saturated heterocycles. The van der Waals surface area contributed by atoms with Gasteiger partial charge in [-0.2, -0.15) is 0 Å². The molecule has 19 heavy (non-hydrogen) atoms. The number of fused-ring (bicyclic) bond motifs is 2. The maximum atomic E-state index is 9.77. The van der Waals surface area contributed by atoms with E-state index in [1.807, 2.05) is 12.1 Å². The average molecular weight is 282 g/mol. The second-order valence-electron chi connectivity index (χ2n) is 6.19. The minimum atomic E-state index is 0. The molecule has 3 heteroatoms. The summed E-state index contributed by atoms with van der Waals surface area (Å²) in [7, 11) is 2.26. The molecular formula is C16H24ClNO. The third-order valence-electron chi connectivity index (χ3n) is 5.47. The van der Waals surface area contributed by atoms with Crippen LogP contribution >= 0.6 is 12.4 Å². The maximum Gasteiger partial charge on any atom is 0.115 e. The van der Waals surface area contributed by atoms with Gasteiger partial charge in [0.2, 0.25) is 0 Å². The van der Waals surface area contributed by atoms with Crippen LogP contribution in [0, 0.1) is 5.92 Å². The molecule has 3 rings (SSSR count). The molecule has 2 bridgehead atoms. The smallest absolute Gasteiger partial charge is 0.115 e. The van der Waals surface area contributed by atoms with Gasteiger partial charge in [0.15, 0.2) is 0 Å². The van der Waals surface area contributed by atoms with Crippen molar-refractivity contribution in [3.63, 3.8) is 0 Å². The van der Waals surface area contributed by atoms with Crippen molar-refractivity contribution in [3.8, 4) is 5.75 Å². The van der Waals surface area contributed by atoms with Crippen LogP contribution in [0.2, 0.25) is 0 Å². The van der Waals surface area contributed by atoms with Crippen molar-refractivity contribution in [3.05, 3.63) is 29.8 Å². The fourth-order valence-corrected chi connectivity index (χ4v) is 4.34. The first kappa shape index (κ1) is 14.7. The first-order chi connectivity index (χ1) is 8.63. The average Bonchev–Trinajstić information content (AvgIpc) is 2.35. The van der Waals surface area contributed by atoms with E-state index in [1.54, 1.807) is 6.07 Å². The molecule has 2 fully saturated rings. The molecule has 2 nitrogen and oxygen atoms in total. The zero-order valence-corrected chi connectivity index (χ0v) is 12.6. The first-order valence-electron chi connectivity index (χ1n) is 7.13. The van der Waals surface area contributed by atoms with Crippen LogP contribution in [0.1, 0.15) is 38.2 Å². The minimum absolute atomic E-state index is 0. The van der Waals surface area contributed by atoms with Crippen LogP contribution in [0.25, 0.3) is 0 Å². The van der Waals surface area contributed by atoms with E-state index in [0.29, 0.717) is 17.1 Å². The molecule has 0 radical (unpaired) electrons. The highest BCUT2D eigenvalue weighted by Gasteiger charge is 2.48. The Hall–Kier alpha value is -0.730. The summed E-state index contributed by atoms with van der Waals surface area (Å²) in [5.74, 6) is 1.10. The monoisotopic (exact) mass is 281 g/mol. The molecule has 1 aliphatic heterocycles. The second-order valence-corrected chi connectivity index (χ2v) is 6.19. The van der Waals surface area contributed by atoms with E-state index in [0.717, 1.165) is 6.04 Å². The van der Waals surface area contributed by atoms with Gasteiger partial charge in [0.1, 0.15) is 5.75 Å².